The molecule has 2 rings (SSSR count). The molecular formula is C19H24N4O3. The summed E-state index contributed by atoms with van der Waals surface area (Å²) in [5.74, 6) is -0.973. The lowest BCUT2D eigenvalue weighted by molar-refractivity contribution is -0.111. The number of aromatic nitrogens is 2. The zero-order chi connectivity index (χ0) is 19.3. The van der Waals surface area contributed by atoms with Crippen LogP contribution in [-0.4, -0.2) is 26.7 Å². The lowest BCUT2D eigenvalue weighted by Gasteiger charge is -2.10. The van der Waals surface area contributed by atoms with Crippen LogP contribution in [0.1, 0.15) is 41.2 Å². The van der Waals surface area contributed by atoms with E-state index in [1.165, 1.54) is 18.2 Å². The molecule has 0 bridgehead atoms. The number of hydrogen-bond acceptors (Lipinski definition) is 4. The fourth-order valence-corrected chi connectivity index (χ4v) is 2.85. The van der Waals surface area contributed by atoms with E-state index in [1.807, 2.05) is 25.6 Å². The molecule has 0 radical (unpaired) electrons. The number of nitrogens with zero attached hydrogens (tertiary/aromatic N) is 2. The van der Waals surface area contributed by atoms with Crippen LogP contribution < -0.4 is 10.6 Å². The van der Waals surface area contributed by atoms with Gasteiger partial charge in [-0.1, -0.05) is 20.4 Å². The second-order valence-corrected chi connectivity index (χ2v) is 5.81. The van der Waals surface area contributed by atoms with Gasteiger partial charge in [0.2, 0.25) is 5.91 Å². The third kappa shape index (κ3) is 4.11. The van der Waals surface area contributed by atoms with Crippen LogP contribution in [0.4, 0.5) is 5.69 Å². The standard InChI is InChI=1S/C19H24N4O3/c1-5-15-14(16(6-2)23(4)22-15)11-20-19(26)13-10-12(8-9-17(13)24)21-18(25)7-3/h7-10,24H,3,5-6,11H2,1-2,4H3,(H,20,26)(H,21,25). The molecule has 0 aliphatic rings. The van der Waals surface area contributed by atoms with Gasteiger partial charge in [-0.2, -0.15) is 5.10 Å². The van der Waals surface area contributed by atoms with E-state index in [-0.39, 0.29) is 11.3 Å². The minimum absolute atomic E-state index is 0.0897. The summed E-state index contributed by atoms with van der Waals surface area (Å²) in [6, 6.07) is 4.31. The number of amides is 2. The smallest absolute Gasteiger partial charge is 0.255 e. The fraction of sp³-hybridized carbons (Fsp3) is 0.316. The quantitative estimate of drug-likeness (QED) is 0.524. The van der Waals surface area contributed by atoms with Crippen molar-refractivity contribution in [2.45, 2.75) is 33.2 Å². The Morgan fingerprint density at radius 3 is 2.65 bits per heavy atom. The number of carbonyl (C=O) groups is 2. The Labute approximate surface area is 152 Å². The SMILES string of the molecule is C=CC(=O)Nc1ccc(O)c(C(=O)NCc2c(CC)nn(C)c2CC)c1. The molecule has 0 atom stereocenters. The van der Waals surface area contributed by atoms with Crippen LogP contribution in [0.5, 0.6) is 5.75 Å². The molecule has 0 spiro atoms. The zero-order valence-corrected chi connectivity index (χ0v) is 15.3. The summed E-state index contributed by atoms with van der Waals surface area (Å²) in [7, 11) is 1.89. The van der Waals surface area contributed by atoms with Crippen LogP contribution in [0.25, 0.3) is 0 Å². The molecule has 3 N–H and O–H groups in total. The van der Waals surface area contributed by atoms with Crippen LogP contribution in [0.15, 0.2) is 30.9 Å². The molecule has 0 aliphatic heterocycles. The highest BCUT2D eigenvalue weighted by Crippen LogP contribution is 2.22. The lowest BCUT2D eigenvalue weighted by Crippen LogP contribution is -2.24. The molecule has 26 heavy (non-hydrogen) atoms. The molecule has 0 fully saturated rings. The first-order valence-electron chi connectivity index (χ1n) is 8.49. The average Bonchev–Trinajstić information content (AvgIpc) is 2.95. The summed E-state index contributed by atoms with van der Waals surface area (Å²) in [4.78, 5) is 23.9. The van der Waals surface area contributed by atoms with Crippen molar-refractivity contribution in [2.75, 3.05) is 5.32 Å². The van der Waals surface area contributed by atoms with E-state index in [1.54, 1.807) is 0 Å². The normalized spacial score (nSPS) is 10.4. The van der Waals surface area contributed by atoms with Crippen LogP contribution in [0.3, 0.4) is 0 Å². The number of phenols is 1. The highest BCUT2D eigenvalue weighted by atomic mass is 16.3. The second kappa shape index (κ2) is 8.33. The zero-order valence-electron chi connectivity index (χ0n) is 15.3. The van der Waals surface area contributed by atoms with Crippen molar-refractivity contribution in [3.63, 3.8) is 0 Å². The number of aromatic hydroxyl groups is 1. The van der Waals surface area contributed by atoms with Crippen LogP contribution in [0.2, 0.25) is 0 Å². The molecule has 7 heteroatoms. The molecule has 7 nitrogen and oxygen atoms in total. The summed E-state index contributed by atoms with van der Waals surface area (Å²) in [6.07, 6.45) is 2.71. The topological polar surface area (TPSA) is 96.2 Å². The summed E-state index contributed by atoms with van der Waals surface area (Å²) < 4.78 is 1.84. The summed E-state index contributed by atoms with van der Waals surface area (Å²) >= 11 is 0. The third-order valence-electron chi connectivity index (χ3n) is 4.15. The number of hydrogen-bond donors (Lipinski definition) is 3. The number of phenolic OH excluding ortho intramolecular Hbond substituents is 1. The van der Waals surface area contributed by atoms with Gasteiger partial charge in [0.05, 0.1) is 11.3 Å². The van der Waals surface area contributed by atoms with Crippen LogP contribution >= 0.6 is 0 Å². The van der Waals surface area contributed by atoms with Crippen LogP contribution in [-0.2, 0) is 31.2 Å². The van der Waals surface area contributed by atoms with E-state index in [4.69, 9.17) is 0 Å². The Kier molecular flexibility index (Phi) is 6.16. The third-order valence-corrected chi connectivity index (χ3v) is 4.15. The Morgan fingerprint density at radius 2 is 2.04 bits per heavy atom. The maximum absolute atomic E-state index is 12.5. The van der Waals surface area contributed by atoms with Gasteiger partial charge < -0.3 is 15.7 Å². The number of anilines is 1. The number of benzene rings is 1. The monoisotopic (exact) mass is 356 g/mol. The van der Waals surface area contributed by atoms with E-state index in [9.17, 15) is 14.7 Å². The number of aryl methyl sites for hydroxylation is 2. The Balaban J connectivity index is 2.19. The van der Waals surface area contributed by atoms with Crippen molar-refractivity contribution in [1.29, 1.82) is 0 Å². The van der Waals surface area contributed by atoms with Crippen LogP contribution in [0, 0.1) is 0 Å². The molecule has 0 saturated carbocycles. The van der Waals surface area contributed by atoms with Gasteiger partial charge in [-0.25, -0.2) is 0 Å². The van der Waals surface area contributed by atoms with Gasteiger partial charge in [-0.05, 0) is 37.1 Å². The Morgan fingerprint density at radius 1 is 1.31 bits per heavy atom. The van der Waals surface area contributed by atoms with E-state index in [0.717, 1.165) is 35.9 Å². The molecule has 0 unspecified atom stereocenters. The van der Waals surface area contributed by atoms with Gasteiger partial charge in [0, 0.05) is 30.5 Å². The second-order valence-electron chi connectivity index (χ2n) is 5.81. The molecule has 1 aromatic heterocycles. The first-order valence-corrected chi connectivity index (χ1v) is 8.49. The molecule has 1 aromatic carbocycles. The Bertz CT molecular complexity index is 840. The predicted molar refractivity (Wildman–Crippen MR) is 100 cm³/mol. The van der Waals surface area contributed by atoms with Gasteiger partial charge in [0.25, 0.3) is 5.91 Å². The molecule has 2 amide bonds. The number of carbonyl (C=O) groups excluding carboxylic acids is 2. The molecule has 0 aliphatic carbocycles. The van der Waals surface area contributed by atoms with Crippen molar-refractivity contribution in [3.8, 4) is 5.75 Å². The average molecular weight is 356 g/mol. The van der Waals surface area contributed by atoms with Gasteiger partial charge in [0.1, 0.15) is 5.75 Å². The van der Waals surface area contributed by atoms with E-state index in [2.05, 4.69) is 22.3 Å². The van der Waals surface area contributed by atoms with Gasteiger partial charge in [-0.15, -0.1) is 0 Å². The summed E-state index contributed by atoms with van der Waals surface area (Å²) in [6.45, 7) is 7.76. The highest BCUT2D eigenvalue weighted by Gasteiger charge is 2.17. The molecule has 0 saturated heterocycles. The minimum atomic E-state index is -0.426. The van der Waals surface area contributed by atoms with E-state index < -0.39 is 11.8 Å². The minimum Gasteiger partial charge on any atom is -0.507 e. The van der Waals surface area contributed by atoms with Gasteiger partial charge in [-0.3, -0.25) is 14.3 Å². The van der Waals surface area contributed by atoms with Crippen molar-refractivity contribution in [3.05, 3.63) is 53.4 Å². The van der Waals surface area contributed by atoms with Crippen molar-refractivity contribution < 1.29 is 14.7 Å². The first-order chi connectivity index (χ1) is 12.4. The summed E-state index contributed by atoms with van der Waals surface area (Å²) in [5, 5.41) is 19.9. The molecule has 1 heterocycles. The lowest BCUT2D eigenvalue weighted by atomic mass is 10.1. The largest absolute Gasteiger partial charge is 0.507 e. The maximum Gasteiger partial charge on any atom is 0.255 e. The predicted octanol–water partition coefficient (Wildman–Crippen LogP) is 2.31. The molecular weight excluding hydrogens is 332 g/mol. The fourth-order valence-electron chi connectivity index (χ4n) is 2.85. The van der Waals surface area contributed by atoms with Crippen molar-refractivity contribution in [2.24, 2.45) is 7.05 Å². The van der Waals surface area contributed by atoms with E-state index in [0.29, 0.717) is 12.2 Å². The first kappa shape index (κ1) is 19.2. The summed E-state index contributed by atoms with van der Waals surface area (Å²) in [5.41, 5.74) is 3.51. The Hall–Kier alpha value is -3.09. The van der Waals surface area contributed by atoms with Crippen molar-refractivity contribution >= 4 is 17.5 Å². The molecule has 138 valence electrons. The van der Waals surface area contributed by atoms with Gasteiger partial charge in [0.15, 0.2) is 0 Å². The highest BCUT2D eigenvalue weighted by molar-refractivity contribution is 6.01. The van der Waals surface area contributed by atoms with E-state index >= 15 is 0 Å². The number of nitrogens with one attached hydrogen (secondary N) is 2. The maximum atomic E-state index is 12.5. The van der Waals surface area contributed by atoms with Crippen molar-refractivity contribution in [1.82, 2.24) is 15.1 Å². The van der Waals surface area contributed by atoms with Gasteiger partial charge >= 0.3 is 0 Å². The molecule has 2 aromatic rings. The number of rotatable bonds is 7.